The summed E-state index contributed by atoms with van der Waals surface area (Å²) in [5, 5.41) is 8.33. The van der Waals surface area contributed by atoms with Crippen molar-refractivity contribution in [2.75, 3.05) is 13.6 Å². The van der Waals surface area contributed by atoms with Crippen molar-refractivity contribution in [1.29, 1.82) is 5.26 Å². The summed E-state index contributed by atoms with van der Waals surface area (Å²) in [4.78, 5) is 13.0. The highest BCUT2D eigenvalue weighted by molar-refractivity contribution is 5.81. The molecule has 0 aliphatic heterocycles. The summed E-state index contributed by atoms with van der Waals surface area (Å²) in [5.74, 6) is 0.0438. The van der Waals surface area contributed by atoms with Gasteiger partial charge in [-0.05, 0) is 5.92 Å². The van der Waals surface area contributed by atoms with Crippen LogP contribution >= 0.6 is 0 Å². The van der Waals surface area contributed by atoms with Gasteiger partial charge in [0.25, 0.3) is 0 Å². The first-order valence-electron chi connectivity index (χ1n) is 4.38. The van der Waals surface area contributed by atoms with Gasteiger partial charge in [0.1, 0.15) is 0 Å². The predicted octanol–water partition coefficient (Wildman–Crippen LogP) is 0.342. The molecule has 74 valence electrons. The van der Waals surface area contributed by atoms with Gasteiger partial charge in [-0.25, -0.2) is 0 Å². The van der Waals surface area contributed by atoms with Crippen LogP contribution in [0.5, 0.6) is 0 Å². The Morgan fingerprint density at radius 1 is 1.62 bits per heavy atom. The molecule has 0 radical (unpaired) electrons. The number of carbonyl (C=O) groups excluding carboxylic acids is 1. The molecule has 0 aliphatic rings. The quantitative estimate of drug-likeness (QED) is 0.683. The largest absolute Gasteiger partial charge is 0.343 e. The maximum Gasteiger partial charge on any atom is 0.239 e. The molecule has 0 aliphatic carbocycles. The number of rotatable bonds is 4. The van der Waals surface area contributed by atoms with E-state index < -0.39 is 6.04 Å². The number of nitrogens with two attached hydrogens (primary N) is 1. The third-order valence-corrected chi connectivity index (χ3v) is 1.94. The van der Waals surface area contributed by atoms with Crippen LogP contribution in [0.1, 0.15) is 20.3 Å². The molecule has 2 N–H and O–H groups in total. The van der Waals surface area contributed by atoms with Gasteiger partial charge >= 0.3 is 0 Å². The first-order chi connectivity index (χ1) is 6.00. The van der Waals surface area contributed by atoms with Gasteiger partial charge in [0, 0.05) is 13.6 Å². The summed E-state index contributed by atoms with van der Waals surface area (Å²) in [6.45, 7) is 4.26. The maximum absolute atomic E-state index is 11.5. The monoisotopic (exact) mass is 183 g/mol. The fraction of sp³-hybridized carbons (Fsp3) is 0.778. The Hall–Kier alpha value is -1.08. The van der Waals surface area contributed by atoms with E-state index in [1.807, 2.05) is 19.9 Å². The third kappa shape index (κ3) is 3.90. The molecule has 0 aromatic heterocycles. The summed E-state index contributed by atoms with van der Waals surface area (Å²) < 4.78 is 0. The first-order valence-corrected chi connectivity index (χ1v) is 4.38. The van der Waals surface area contributed by atoms with Gasteiger partial charge < -0.3 is 10.6 Å². The Morgan fingerprint density at radius 3 is 2.54 bits per heavy atom. The number of nitriles is 1. The topological polar surface area (TPSA) is 70.1 Å². The minimum Gasteiger partial charge on any atom is -0.343 e. The van der Waals surface area contributed by atoms with Gasteiger partial charge in [0.05, 0.1) is 18.5 Å². The minimum atomic E-state index is -0.455. The Bertz CT molecular complexity index is 207. The van der Waals surface area contributed by atoms with Gasteiger partial charge in [-0.1, -0.05) is 13.8 Å². The van der Waals surface area contributed by atoms with Crippen LogP contribution in [-0.4, -0.2) is 30.4 Å². The van der Waals surface area contributed by atoms with Crippen molar-refractivity contribution in [3.8, 4) is 6.07 Å². The molecule has 1 atom stereocenters. The lowest BCUT2D eigenvalue weighted by Gasteiger charge is -2.22. The summed E-state index contributed by atoms with van der Waals surface area (Å²) in [6.07, 6.45) is 0.354. The highest BCUT2D eigenvalue weighted by Gasteiger charge is 2.20. The fourth-order valence-corrected chi connectivity index (χ4v) is 0.868. The molecule has 0 fully saturated rings. The number of likely N-dealkylation sites (N-methyl/N-ethyl adjacent to an activating group) is 1. The molecule has 0 bridgehead atoms. The first kappa shape index (κ1) is 11.9. The Kier molecular flexibility index (Phi) is 5.09. The molecule has 0 heterocycles. The van der Waals surface area contributed by atoms with E-state index >= 15 is 0 Å². The van der Waals surface area contributed by atoms with E-state index in [4.69, 9.17) is 11.0 Å². The Balaban J connectivity index is 4.03. The van der Waals surface area contributed by atoms with Gasteiger partial charge in [-0.15, -0.1) is 0 Å². The lowest BCUT2D eigenvalue weighted by molar-refractivity contribution is -0.132. The fourth-order valence-electron chi connectivity index (χ4n) is 0.868. The average Bonchev–Trinajstić information content (AvgIpc) is 2.11. The molecular formula is C9H17N3O. The molecule has 4 nitrogen and oxygen atoms in total. The van der Waals surface area contributed by atoms with Crippen molar-refractivity contribution in [1.82, 2.24) is 4.90 Å². The highest BCUT2D eigenvalue weighted by atomic mass is 16.2. The Morgan fingerprint density at radius 2 is 2.15 bits per heavy atom. The van der Waals surface area contributed by atoms with E-state index in [2.05, 4.69) is 0 Å². The molecule has 0 saturated heterocycles. The molecule has 0 rings (SSSR count). The van der Waals surface area contributed by atoms with Crippen LogP contribution in [0.15, 0.2) is 0 Å². The van der Waals surface area contributed by atoms with E-state index in [0.717, 1.165) is 0 Å². The van der Waals surface area contributed by atoms with E-state index in [1.54, 1.807) is 7.05 Å². The number of amides is 1. The molecular weight excluding hydrogens is 166 g/mol. The maximum atomic E-state index is 11.5. The average molecular weight is 183 g/mol. The van der Waals surface area contributed by atoms with Gasteiger partial charge in [-0.3, -0.25) is 4.79 Å². The van der Waals surface area contributed by atoms with Gasteiger partial charge in [0.15, 0.2) is 0 Å². The zero-order valence-corrected chi connectivity index (χ0v) is 8.45. The van der Waals surface area contributed by atoms with Crippen molar-refractivity contribution < 1.29 is 4.79 Å². The van der Waals surface area contributed by atoms with Crippen LogP contribution in [-0.2, 0) is 4.79 Å². The minimum absolute atomic E-state index is 0.0924. The summed E-state index contributed by atoms with van der Waals surface area (Å²) in [6, 6.07) is 1.53. The molecule has 0 aromatic carbocycles. The van der Waals surface area contributed by atoms with Crippen LogP contribution in [0.25, 0.3) is 0 Å². The summed E-state index contributed by atoms with van der Waals surface area (Å²) >= 11 is 0. The zero-order valence-electron chi connectivity index (χ0n) is 8.45. The number of nitrogens with zero attached hydrogens (tertiary/aromatic N) is 2. The number of hydrogen-bond acceptors (Lipinski definition) is 3. The molecule has 1 amide bonds. The van der Waals surface area contributed by atoms with E-state index in [0.29, 0.717) is 13.0 Å². The van der Waals surface area contributed by atoms with Crippen molar-refractivity contribution in [3.63, 3.8) is 0 Å². The summed E-state index contributed by atoms with van der Waals surface area (Å²) in [7, 11) is 1.67. The second-order valence-electron chi connectivity index (χ2n) is 3.44. The number of carbonyl (C=O) groups is 1. The molecule has 4 heteroatoms. The van der Waals surface area contributed by atoms with Crippen LogP contribution in [0.2, 0.25) is 0 Å². The van der Waals surface area contributed by atoms with Crippen molar-refractivity contribution in [3.05, 3.63) is 0 Å². The van der Waals surface area contributed by atoms with Crippen LogP contribution in [0.4, 0.5) is 0 Å². The van der Waals surface area contributed by atoms with Crippen molar-refractivity contribution >= 4 is 5.91 Å². The molecule has 13 heavy (non-hydrogen) atoms. The smallest absolute Gasteiger partial charge is 0.239 e. The Labute approximate surface area is 79.3 Å². The van der Waals surface area contributed by atoms with Crippen molar-refractivity contribution in [2.45, 2.75) is 26.3 Å². The van der Waals surface area contributed by atoms with E-state index in [1.165, 1.54) is 4.90 Å². The molecule has 0 spiro atoms. The third-order valence-electron chi connectivity index (χ3n) is 1.94. The lowest BCUT2D eigenvalue weighted by atomic mass is 10.0. The summed E-state index contributed by atoms with van der Waals surface area (Å²) in [5.41, 5.74) is 5.66. The predicted molar refractivity (Wildman–Crippen MR) is 50.7 cm³/mol. The van der Waals surface area contributed by atoms with Crippen molar-refractivity contribution in [2.24, 2.45) is 11.7 Å². The standard InChI is InChI=1S/C9H17N3O/c1-7(2)8(11)9(13)12(3)6-4-5-10/h7-8H,4,6,11H2,1-3H3/t8-/m1/s1. The van der Waals surface area contributed by atoms with Gasteiger partial charge in [0.2, 0.25) is 5.91 Å². The molecule has 0 aromatic rings. The van der Waals surface area contributed by atoms with Crippen LogP contribution in [0.3, 0.4) is 0 Å². The second-order valence-corrected chi connectivity index (χ2v) is 3.44. The lowest BCUT2D eigenvalue weighted by Crippen LogP contribution is -2.45. The van der Waals surface area contributed by atoms with Crippen LogP contribution < -0.4 is 5.73 Å². The second kappa shape index (κ2) is 5.55. The number of hydrogen-bond donors (Lipinski definition) is 1. The highest BCUT2D eigenvalue weighted by Crippen LogP contribution is 2.02. The zero-order chi connectivity index (χ0) is 10.4. The van der Waals surface area contributed by atoms with Crippen LogP contribution in [0, 0.1) is 17.2 Å². The molecule has 0 saturated carbocycles. The van der Waals surface area contributed by atoms with E-state index in [9.17, 15) is 4.79 Å². The molecule has 0 unspecified atom stereocenters. The normalized spacial score (nSPS) is 12.3. The SMILES string of the molecule is CC(C)[C@@H](N)C(=O)N(C)CCC#N. The van der Waals surface area contributed by atoms with Gasteiger partial charge in [-0.2, -0.15) is 5.26 Å². The van der Waals surface area contributed by atoms with E-state index in [-0.39, 0.29) is 11.8 Å².